The van der Waals surface area contributed by atoms with Gasteiger partial charge >= 0.3 is 16.2 Å². The van der Waals surface area contributed by atoms with Gasteiger partial charge in [-0.15, -0.1) is 0 Å². The average molecular weight is 442 g/mol. The van der Waals surface area contributed by atoms with Crippen molar-refractivity contribution in [3.8, 4) is 11.3 Å². The van der Waals surface area contributed by atoms with E-state index in [-0.39, 0.29) is 29.9 Å². The van der Waals surface area contributed by atoms with Gasteiger partial charge in [0, 0.05) is 38.7 Å². The SMILES string of the molecule is CN(C)S(=O)(=O)n1cc(-c2ccccc2)nc1CCC(=O)Nc1ccccc1C(=O)O. The number of hydrogen-bond acceptors (Lipinski definition) is 5. The van der Waals surface area contributed by atoms with Crippen LogP contribution in [0.5, 0.6) is 0 Å². The Balaban J connectivity index is 1.84. The Labute approximate surface area is 180 Å². The normalized spacial score (nSPS) is 11.5. The smallest absolute Gasteiger partial charge is 0.337 e. The number of imidazole rings is 1. The highest BCUT2D eigenvalue weighted by atomic mass is 32.2. The number of aromatic nitrogens is 2. The third kappa shape index (κ3) is 4.98. The molecule has 1 aromatic heterocycles. The lowest BCUT2D eigenvalue weighted by atomic mass is 10.1. The minimum atomic E-state index is -3.84. The minimum Gasteiger partial charge on any atom is -0.478 e. The Bertz CT molecular complexity index is 1200. The summed E-state index contributed by atoms with van der Waals surface area (Å²) in [6.45, 7) is 0. The molecule has 0 spiro atoms. The molecule has 0 bridgehead atoms. The Morgan fingerprint density at radius 2 is 1.71 bits per heavy atom. The van der Waals surface area contributed by atoms with E-state index < -0.39 is 22.1 Å². The van der Waals surface area contributed by atoms with Crippen molar-refractivity contribution in [2.24, 2.45) is 0 Å². The second-order valence-electron chi connectivity index (χ2n) is 6.89. The van der Waals surface area contributed by atoms with Gasteiger partial charge in [0.15, 0.2) is 0 Å². The van der Waals surface area contributed by atoms with E-state index in [4.69, 9.17) is 0 Å². The molecule has 2 N–H and O–H groups in total. The zero-order valence-corrected chi connectivity index (χ0v) is 17.8. The number of rotatable bonds is 8. The summed E-state index contributed by atoms with van der Waals surface area (Å²) in [5.41, 5.74) is 1.36. The monoisotopic (exact) mass is 442 g/mol. The van der Waals surface area contributed by atoms with Crippen LogP contribution in [-0.4, -0.2) is 52.8 Å². The molecule has 0 atom stereocenters. The quantitative estimate of drug-likeness (QED) is 0.553. The molecule has 10 heteroatoms. The fourth-order valence-electron chi connectivity index (χ4n) is 2.91. The molecular formula is C21H22N4O5S. The molecule has 0 saturated heterocycles. The van der Waals surface area contributed by atoms with Crippen molar-refractivity contribution in [2.45, 2.75) is 12.8 Å². The molecule has 3 rings (SSSR count). The molecule has 0 aliphatic rings. The Morgan fingerprint density at radius 1 is 1.06 bits per heavy atom. The predicted molar refractivity (Wildman–Crippen MR) is 116 cm³/mol. The maximum absolute atomic E-state index is 12.7. The molecule has 3 aromatic rings. The molecule has 0 unspecified atom stereocenters. The van der Waals surface area contributed by atoms with Gasteiger partial charge in [-0.2, -0.15) is 12.7 Å². The van der Waals surface area contributed by atoms with Crippen LogP contribution in [0.2, 0.25) is 0 Å². The molecule has 2 aromatic carbocycles. The van der Waals surface area contributed by atoms with Gasteiger partial charge in [-0.1, -0.05) is 42.5 Å². The molecule has 1 amide bonds. The van der Waals surface area contributed by atoms with E-state index in [1.165, 1.54) is 32.4 Å². The highest BCUT2D eigenvalue weighted by Crippen LogP contribution is 2.22. The van der Waals surface area contributed by atoms with Crippen LogP contribution in [0.4, 0.5) is 5.69 Å². The zero-order valence-electron chi connectivity index (χ0n) is 17.0. The van der Waals surface area contributed by atoms with Gasteiger partial charge in [0.05, 0.1) is 16.9 Å². The number of nitrogens with one attached hydrogen (secondary N) is 1. The van der Waals surface area contributed by atoms with E-state index >= 15 is 0 Å². The largest absolute Gasteiger partial charge is 0.478 e. The number of aryl methyl sites for hydroxylation is 1. The van der Waals surface area contributed by atoms with E-state index in [0.717, 1.165) is 13.8 Å². The number of amides is 1. The lowest BCUT2D eigenvalue weighted by Gasteiger charge is -2.14. The van der Waals surface area contributed by atoms with Gasteiger partial charge in [0.1, 0.15) is 5.82 Å². The number of benzene rings is 2. The highest BCUT2D eigenvalue weighted by molar-refractivity contribution is 7.87. The number of hydrogen-bond donors (Lipinski definition) is 2. The molecule has 0 aliphatic heterocycles. The molecule has 31 heavy (non-hydrogen) atoms. The second-order valence-corrected chi connectivity index (χ2v) is 8.91. The molecule has 162 valence electrons. The number of carboxylic acid groups (broad SMARTS) is 1. The summed E-state index contributed by atoms with van der Waals surface area (Å²) in [6.07, 6.45) is 1.39. The van der Waals surface area contributed by atoms with Gasteiger partial charge in [0.25, 0.3) is 0 Å². The number of carbonyl (C=O) groups excluding carboxylic acids is 1. The van der Waals surface area contributed by atoms with Gasteiger partial charge in [-0.25, -0.2) is 13.8 Å². The summed E-state index contributed by atoms with van der Waals surface area (Å²) in [7, 11) is -1.01. The number of anilines is 1. The first kappa shape index (κ1) is 22.2. The number of nitrogens with zero attached hydrogens (tertiary/aromatic N) is 3. The molecular weight excluding hydrogens is 420 g/mol. The summed E-state index contributed by atoms with van der Waals surface area (Å²) in [6, 6.07) is 15.2. The van der Waals surface area contributed by atoms with Crippen LogP contribution in [-0.2, 0) is 21.4 Å². The standard InChI is InChI=1S/C21H22N4O5S/c1-24(2)31(29,30)25-14-18(15-8-4-3-5-9-15)22-19(25)12-13-20(26)23-17-11-7-6-10-16(17)21(27)28/h3-11,14H,12-13H2,1-2H3,(H,23,26)(H,27,28). The van der Waals surface area contributed by atoms with Crippen LogP contribution in [0.25, 0.3) is 11.3 Å². The lowest BCUT2D eigenvalue weighted by Crippen LogP contribution is -2.30. The van der Waals surface area contributed by atoms with Crippen molar-refractivity contribution in [1.82, 2.24) is 13.3 Å². The van der Waals surface area contributed by atoms with Crippen molar-refractivity contribution in [2.75, 3.05) is 19.4 Å². The average Bonchev–Trinajstić information content (AvgIpc) is 3.18. The van der Waals surface area contributed by atoms with Crippen LogP contribution in [0.1, 0.15) is 22.6 Å². The number of carbonyl (C=O) groups is 2. The predicted octanol–water partition coefficient (Wildman–Crippen LogP) is 2.47. The van der Waals surface area contributed by atoms with Crippen LogP contribution in [0.3, 0.4) is 0 Å². The molecule has 0 radical (unpaired) electrons. The molecule has 0 saturated carbocycles. The van der Waals surface area contributed by atoms with Crippen LogP contribution < -0.4 is 5.32 Å². The summed E-state index contributed by atoms with van der Waals surface area (Å²) in [4.78, 5) is 28.2. The zero-order chi connectivity index (χ0) is 22.6. The molecule has 0 fully saturated rings. The summed E-state index contributed by atoms with van der Waals surface area (Å²) < 4.78 is 27.6. The van der Waals surface area contributed by atoms with Crippen LogP contribution in [0.15, 0.2) is 60.8 Å². The fourth-order valence-corrected chi connectivity index (χ4v) is 3.89. The fraction of sp³-hybridized carbons (Fsp3) is 0.190. The van der Waals surface area contributed by atoms with Crippen molar-refractivity contribution in [1.29, 1.82) is 0 Å². The van der Waals surface area contributed by atoms with E-state index in [1.54, 1.807) is 12.1 Å². The highest BCUT2D eigenvalue weighted by Gasteiger charge is 2.23. The summed E-state index contributed by atoms with van der Waals surface area (Å²) in [5, 5.41) is 11.8. The summed E-state index contributed by atoms with van der Waals surface area (Å²) in [5.74, 6) is -1.41. The Morgan fingerprint density at radius 3 is 2.35 bits per heavy atom. The molecule has 0 aliphatic carbocycles. The van der Waals surface area contributed by atoms with E-state index in [2.05, 4.69) is 10.3 Å². The minimum absolute atomic E-state index is 0.0288. The Kier molecular flexibility index (Phi) is 6.52. The van der Waals surface area contributed by atoms with Gasteiger partial charge < -0.3 is 10.4 Å². The first-order valence-corrected chi connectivity index (χ1v) is 10.8. The molecule has 9 nitrogen and oxygen atoms in total. The van der Waals surface area contributed by atoms with Crippen molar-refractivity contribution in [3.63, 3.8) is 0 Å². The maximum Gasteiger partial charge on any atom is 0.337 e. The number of para-hydroxylation sites is 1. The first-order valence-electron chi connectivity index (χ1n) is 9.39. The van der Waals surface area contributed by atoms with E-state index in [1.807, 2.05) is 30.3 Å². The number of carboxylic acids is 1. The lowest BCUT2D eigenvalue weighted by molar-refractivity contribution is -0.116. The van der Waals surface area contributed by atoms with Crippen molar-refractivity contribution < 1.29 is 23.1 Å². The van der Waals surface area contributed by atoms with E-state index in [9.17, 15) is 23.1 Å². The third-order valence-corrected chi connectivity index (χ3v) is 6.27. The topological polar surface area (TPSA) is 122 Å². The van der Waals surface area contributed by atoms with Gasteiger partial charge in [-0.3, -0.25) is 4.79 Å². The maximum atomic E-state index is 12.7. The molecule has 1 heterocycles. The van der Waals surface area contributed by atoms with Crippen LogP contribution in [0, 0.1) is 0 Å². The summed E-state index contributed by atoms with van der Waals surface area (Å²) >= 11 is 0. The van der Waals surface area contributed by atoms with Crippen molar-refractivity contribution in [3.05, 3.63) is 72.2 Å². The van der Waals surface area contributed by atoms with Crippen molar-refractivity contribution >= 4 is 27.8 Å². The number of aromatic carboxylic acids is 1. The van der Waals surface area contributed by atoms with Gasteiger partial charge in [0.2, 0.25) is 5.91 Å². The Hall–Kier alpha value is -3.50. The second kappa shape index (κ2) is 9.11. The van der Waals surface area contributed by atoms with Gasteiger partial charge in [-0.05, 0) is 12.1 Å². The van der Waals surface area contributed by atoms with Crippen LogP contribution >= 0.6 is 0 Å². The third-order valence-electron chi connectivity index (χ3n) is 4.53. The first-order chi connectivity index (χ1) is 14.7. The van der Waals surface area contributed by atoms with E-state index in [0.29, 0.717) is 5.69 Å².